The molecule has 11 heteroatoms. The van der Waals surface area contributed by atoms with Crippen molar-refractivity contribution < 1.29 is 23.8 Å². The molecule has 1 aliphatic carbocycles. The Kier molecular flexibility index (Phi) is 7.81. The van der Waals surface area contributed by atoms with Gasteiger partial charge >= 0.3 is 5.91 Å². The van der Waals surface area contributed by atoms with Crippen molar-refractivity contribution in [2.45, 2.75) is 50.5 Å². The zero-order valence-electron chi connectivity index (χ0n) is 21.8. The summed E-state index contributed by atoms with van der Waals surface area (Å²) in [6.45, 7) is 0. The summed E-state index contributed by atoms with van der Waals surface area (Å²) in [5.41, 5.74) is 3.49. The number of methoxy groups -OCH3 is 1. The first kappa shape index (κ1) is 26.9. The number of fused-ring (bicyclic) bond motifs is 1. The van der Waals surface area contributed by atoms with Gasteiger partial charge in [-0.25, -0.2) is 13.9 Å². The van der Waals surface area contributed by atoms with Crippen LogP contribution in [0.2, 0.25) is 0 Å². The van der Waals surface area contributed by atoms with Crippen molar-refractivity contribution in [3.8, 4) is 22.6 Å². The quantitative estimate of drug-likeness (QED) is 0.300. The normalized spacial score (nSPS) is 14.6. The smallest absolute Gasteiger partial charge is 0.308 e. The van der Waals surface area contributed by atoms with Crippen molar-refractivity contribution in [3.05, 3.63) is 82.4 Å². The van der Waals surface area contributed by atoms with Crippen molar-refractivity contribution in [1.29, 1.82) is 0 Å². The summed E-state index contributed by atoms with van der Waals surface area (Å²) < 4.78 is 20.4. The standard InChI is InChI=1S/C29H28FN5O5/c1-40-25-14-17(7-12-24(25)36)13-23(29(38)34-39)33-28(37)22-16-32-35-26(19-5-3-2-4-6-19)21(15-31-27(22)35)18-8-10-20(30)11-9-18/h7-12,14-16,19,23,36H,2-6,13H2,1H3,(H,33,37). The second-order valence-electron chi connectivity index (χ2n) is 9.86. The van der Waals surface area contributed by atoms with Crippen molar-refractivity contribution in [3.63, 3.8) is 0 Å². The summed E-state index contributed by atoms with van der Waals surface area (Å²) in [5.74, 6) is -1.75. The number of ether oxygens (including phenoxy) is 1. The minimum absolute atomic E-state index is 0.0539. The van der Waals surface area contributed by atoms with E-state index in [4.69, 9.17) is 4.74 Å². The second kappa shape index (κ2) is 11.6. The number of halogens is 1. The molecule has 2 amide bonds. The maximum absolute atomic E-state index is 13.6. The molecule has 0 bridgehead atoms. The van der Waals surface area contributed by atoms with Gasteiger partial charge in [0.15, 0.2) is 17.1 Å². The Bertz CT molecular complexity index is 1560. The third-order valence-electron chi connectivity index (χ3n) is 7.33. The largest absolute Gasteiger partial charge is 0.504 e. The van der Waals surface area contributed by atoms with Crippen LogP contribution in [-0.4, -0.2) is 44.7 Å². The van der Waals surface area contributed by atoms with E-state index in [1.54, 1.807) is 28.9 Å². The fourth-order valence-electron chi connectivity index (χ4n) is 5.31. The Labute approximate surface area is 229 Å². The van der Waals surface area contributed by atoms with Gasteiger partial charge in [0.1, 0.15) is 17.4 Å². The number of amides is 2. The van der Waals surface area contributed by atoms with Gasteiger partial charge in [-0.3, -0.25) is 9.59 Å². The van der Waals surface area contributed by atoms with Gasteiger partial charge in [0.2, 0.25) is 0 Å². The van der Waals surface area contributed by atoms with Gasteiger partial charge in [-0.2, -0.15) is 5.10 Å². The lowest BCUT2D eigenvalue weighted by Gasteiger charge is -2.25. The number of carbonyl (C=O) groups is 2. The third kappa shape index (κ3) is 5.40. The lowest BCUT2D eigenvalue weighted by atomic mass is 9.84. The lowest BCUT2D eigenvalue weighted by molar-refractivity contribution is -0.119. The van der Waals surface area contributed by atoms with Gasteiger partial charge < -0.3 is 15.2 Å². The average Bonchev–Trinajstić information content (AvgIpc) is 3.42. The lowest BCUT2D eigenvalue weighted by Crippen LogP contribution is -2.41. The highest BCUT2D eigenvalue weighted by Crippen LogP contribution is 2.38. The maximum atomic E-state index is 13.6. The van der Waals surface area contributed by atoms with Crippen LogP contribution in [0.5, 0.6) is 11.5 Å². The summed E-state index contributed by atoms with van der Waals surface area (Å²) in [5, 5.41) is 19.5. The molecule has 2 aromatic carbocycles. The third-order valence-corrected chi connectivity index (χ3v) is 7.33. The summed E-state index contributed by atoms with van der Waals surface area (Å²) in [4.78, 5) is 41.4. The van der Waals surface area contributed by atoms with E-state index < -0.39 is 17.9 Å². The Balaban J connectivity index is 1.49. The zero-order chi connectivity index (χ0) is 28.2. The second-order valence-corrected chi connectivity index (χ2v) is 9.86. The fourth-order valence-corrected chi connectivity index (χ4v) is 5.31. The van der Waals surface area contributed by atoms with E-state index in [0.29, 0.717) is 11.2 Å². The van der Waals surface area contributed by atoms with Crippen LogP contribution in [0.1, 0.15) is 59.6 Å². The SMILES string of the molecule is COc1cc(CC(NC(=O)c2cnn3c(C4CCCCC4)c(-c4ccc(F)cc4)cnc23)C(=O)N=O)ccc1O. The van der Waals surface area contributed by atoms with Gasteiger partial charge in [0.05, 0.1) is 19.0 Å². The molecule has 1 atom stereocenters. The number of phenolic OH excluding ortho intramolecular Hbond substituents is 1. The molecular weight excluding hydrogens is 517 g/mol. The fraction of sp³-hybridized carbons (Fsp3) is 0.310. The summed E-state index contributed by atoms with van der Waals surface area (Å²) in [6.07, 6.45) is 8.19. The monoisotopic (exact) mass is 545 g/mol. The first-order chi connectivity index (χ1) is 19.4. The van der Waals surface area contributed by atoms with E-state index in [1.807, 2.05) is 0 Å². The zero-order valence-corrected chi connectivity index (χ0v) is 21.8. The minimum Gasteiger partial charge on any atom is -0.504 e. The molecule has 1 fully saturated rings. The molecule has 2 heterocycles. The molecule has 1 unspecified atom stereocenters. The molecule has 2 N–H and O–H groups in total. The molecule has 1 aliphatic rings. The van der Waals surface area contributed by atoms with Crippen LogP contribution in [0, 0.1) is 10.7 Å². The summed E-state index contributed by atoms with van der Waals surface area (Å²) >= 11 is 0. The molecule has 0 spiro atoms. The minimum atomic E-state index is -1.26. The molecule has 0 saturated heterocycles. The van der Waals surface area contributed by atoms with Crippen LogP contribution in [0.25, 0.3) is 16.8 Å². The Hall–Kier alpha value is -4.67. The van der Waals surface area contributed by atoms with Gasteiger partial charge in [-0.1, -0.05) is 37.5 Å². The molecule has 0 radical (unpaired) electrons. The van der Waals surface area contributed by atoms with Crippen LogP contribution < -0.4 is 10.1 Å². The Morgan fingerprint density at radius 3 is 2.60 bits per heavy atom. The predicted octanol–water partition coefficient (Wildman–Crippen LogP) is 4.93. The molecule has 5 rings (SSSR count). The number of nitrogens with zero attached hydrogens (tertiary/aromatic N) is 4. The van der Waals surface area contributed by atoms with Crippen molar-refractivity contribution in [1.82, 2.24) is 19.9 Å². The van der Waals surface area contributed by atoms with E-state index in [1.165, 1.54) is 37.6 Å². The molecule has 0 aliphatic heterocycles. The Morgan fingerprint density at radius 2 is 1.90 bits per heavy atom. The Morgan fingerprint density at radius 1 is 1.15 bits per heavy atom. The number of nitroso groups, excluding NO2 is 1. The van der Waals surface area contributed by atoms with Crippen molar-refractivity contribution in [2.75, 3.05) is 7.11 Å². The van der Waals surface area contributed by atoms with Gasteiger partial charge in [-0.15, -0.1) is 4.91 Å². The number of hydrogen-bond acceptors (Lipinski definition) is 7. The molecule has 206 valence electrons. The summed E-state index contributed by atoms with van der Waals surface area (Å²) in [7, 11) is 1.39. The topological polar surface area (TPSA) is 135 Å². The number of rotatable bonds is 8. The molecule has 4 aromatic rings. The molecule has 40 heavy (non-hydrogen) atoms. The van der Waals surface area contributed by atoms with E-state index in [-0.39, 0.29) is 35.2 Å². The number of hydrogen-bond donors (Lipinski definition) is 2. The number of carbonyl (C=O) groups excluding carboxylic acids is 2. The van der Waals surface area contributed by atoms with E-state index in [2.05, 4.69) is 20.6 Å². The van der Waals surface area contributed by atoms with Crippen LogP contribution in [-0.2, 0) is 11.2 Å². The molecule has 2 aromatic heterocycles. The molecule has 10 nitrogen and oxygen atoms in total. The maximum Gasteiger partial charge on any atom is 0.308 e. The molecule has 1 saturated carbocycles. The van der Waals surface area contributed by atoms with Gasteiger partial charge in [-0.05, 0) is 48.2 Å². The highest BCUT2D eigenvalue weighted by atomic mass is 19.1. The highest BCUT2D eigenvalue weighted by molar-refractivity contribution is 6.02. The van der Waals surface area contributed by atoms with Crippen molar-refractivity contribution >= 4 is 17.5 Å². The predicted molar refractivity (Wildman–Crippen MR) is 145 cm³/mol. The van der Waals surface area contributed by atoms with E-state index in [0.717, 1.165) is 48.9 Å². The highest BCUT2D eigenvalue weighted by Gasteiger charge is 2.28. The van der Waals surface area contributed by atoms with Crippen LogP contribution in [0.3, 0.4) is 0 Å². The molecular formula is C29H28FN5O5. The number of nitrogens with one attached hydrogen (secondary N) is 1. The van der Waals surface area contributed by atoms with Crippen LogP contribution in [0.15, 0.2) is 60.0 Å². The average molecular weight is 546 g/mol. The number of benzene rings is 2. The summed E-state index contributed by atoms with van der Waals surface area (Å²) in [6, 6.07) is 9.39. The number of phenols is 1. The van der Waals surface area contributed by atoms with Crippen molar-refractivity contribution in [2.24, 2.45) is 5.18 Å². The van der Waals surface area contributed by atoms with E-state index in [9.17, 15) is 24.0 Å². The van der Waals surface area contributed by atoms with Crippen LogP contribution in [0.4, 0.5) is 4.39 Å². The first-order valence-electron chi connectivity index (χ1n) is 13.1. The van der Waals surface area contributed by atoms with E-state index >= 15 is 0 Å². The van der Waals surface area contributed by atoms with Gasteiger partial charge in [0, 0.05) is 29.3 Å². The van der Waals surface area contributed by atoms with Gasteiger partial charge in [0.25, 0.3) is 5.91 Å². The first-order valence-corrected chi connectivity index (χ1v) is 13.1. The van der Waals surface area contributed by atoms with Crippen LogP contribution >= 0.6 is 0 Å². The number of aromatic hydroxyl groups is 1. The number of aromatic nitrogens is 3.